The molecule has 0 spiro atoms. The summed E-state index contributed by atoms with van der Waals surface area (Å²) in [6.07, 6.45) is 5.05. The zero-order valence-corrected chi connectivity index (χ0v) is 14.5. The van der Waals surface area contributed by atoms with Gasteiger partial charge in [0.15, 0.2) is 0 Å². The Kier molecular flexibility index (Phi) is 4.76. The highest BCUT2D eigenvalue weighted by Crippen LogP contribution is 2.26. The Morgan fingerprint density at radius 1 is 1.16 bits per heavy atom. The third kappa shape index (κ3) is 4.60. The number of ether oxygens (including phenoxy) is 1. The fourth-order valence-electron chi connectivity index (χ4n) is 2.54. The van der Waals surface area contributed by atoms with Crippen LogP contribution in [0.1, 0.15) is 11.1 Å². The number of nitrogens with one attached hydrogen (secondary N) is 2. The molecule has 0 bridgehead atoms. The minimum absolute atomic E-state index is 0.321. The van der Waals surface area contributed by atoms with E-state index in [1.807, 2.05) is 18.2 Å². The molecule has 1 aliphatic rings. The van der Waals surface area contributed by atoms with Crippen molar-refractivity contribution in [3.8, 4) is 5.75 Å². The number of amides is 1. The Hall–Kier alpha value is -2.80. The summed E-state index contributed by atoms with van der Waals surface area (Å²) < 4.78 is 30.6. The lowest BCUT2D eigenvalue weighted by Gasteiger charge is -2.10. The predicted octanol–water partition coefficient (Wildman–Crippen LogP) is 2.64. The van der Waals surface area contributed by atoms with Crippen LogP contribution in [0.5, 0.6) is 5.75 Å². The van der Waals surface area contributed by atoms with E-state index in [-0.39, 0.29) is 5.91 Å². The molecule has 0 aromatic heterocycles. The minimum atomic E-state index is -3.43. The minimum Gasteiger partial charge on any atom is -0.493 e. The summed E-state index contributed by atoms with van der Waals surface area (Å²) in [5, 5.41) is 2.68. The third-order valence-electron chi connectivity index (χ3n) is 3.62. The van der Waals surface area contributed by atoms with Crippen molar-refractivity contribution in [1.82, 2.24) is 0 Å². The second kappa shape index (κ2) is 6.98. The van der Waals surface area contributed by atoms with E-state index in [1.54, 1.807) is 30.3 Å². The Bertz CT molecular complexity index is 936. The van der Waals surface area contributed by atoms with Crippen molar-refractivity contribution in [2.45, 2.75) is 6.42 Å². The van der Waals surface area contributed by atoms with Crippen LogP contribution < -0.4 is 14.8 Å². The first-order valence-corrected chi connectivity index (χ1v) is 9.61. The lowest BCUT2D eigenvalue weighted by atomic mass is 10.1. The zero-order valence-electron chi connectivity index (χ0n) is 13.7. The fourth-order valence-corrected chi connectivity index (χ4v) is 3.11. The topological polar surface area (TPSA) is 84.5 Å². The van der Waals surface area contributed by atoms with Gasteiger partial charge < -0.3 is 10.1 Å². The molecule has 2 N–H and O–H groups in total. The van der Waals surface area contributed by atoms with Crippen LogP contribution in [-0.2, 0) is 21.2 Å². The van der Waals surface area contributed by atoms with E-state index in [1.165, 1.54) is 6.08 Å². The van der Waals surface area contributed by atoms with Gasteiger partial charge in [-0.2, -0.15) is 0 Å². The molecule has 3 rings (SSSR count). The maximum atomic E-state index is 12.1. The van der Waals surface area contributed by atoms with Crippen LogP contribution in [0.2, 0.25) is 0 Å². The van der Waals surface area contributed by atoms with Gasteiger partial charge in [0.2, 0.25) is 15.9 Å². The molecule has 1 aliphatic heterocycles. The smallest absolute Gasteiger partial charge is 0.248 e. The van der Waals surface area contributed by atoms with Crippen LogP contribution in [0.25, 0.3) is 6.08 Å². The number of rotatable bonds is 5. The molecule has 1 heterocycles. The van der Waals surface area contributed by atoms with Crippen molar-refractivity contribution < 1.29 is 17.9 Å². The molecule has 0 saturated carbocycles. The van der Waals surface area contributed by atoms with Gasteiger partial charge in [0.1, 0.15) is 5.75 Å². The maximum Gasteiger partial charge on any atom is 0.248 e. The van der Waals surface area contributed by atoms with Gasteiger partial charge in [-0.15, -0.1) is 0 Å². The first kappa shape index (κ1) is 17.0. The van der Waals surface area contributed by atoms with Crippen molar-refractivity contribution >= 4 is 33.4 Å². The lowest BCUT2D eigenvalue weighted by Crippen LogP contribution is -2.14. The Balaban J connectivity index is 1.71. The Morgan fingerprint density at radius 2 is 1.92 bits per heavy atom. The first-order valence-electron chi connectivity index (χ1n) is 7.72. The second-order valence-corrected chi connectivity index (χ2v) is 7.46. The molecule has 0 fully saturated rings. The number of benzene rings is 2. The average Bonchev–Trinajstić information content (AvgIpc) is 3.01. The van der Waals surface area contributed by atoms with Gasteiger partial charge in [-0.1, -0.05) is 18.2 Å². The Labute approximate surface area is 146 Å². The van der Waals surface area contributed by atoms with Crippen LogP contribution in [0, 0.1) is 0 Å². The number of carbonyl (C=O) groups excluding carboxylic acids is 1. The van der Waals surface area contributed by atoms with Crippen molar-refractivity contribution in [3.63, 3.8) is 0 Å². The average molecular weight is 358 g/mol. The van der Waals surface area contributed by atoms with E-state index in [2.05, 4.69) is 10.0 Å². The summed E-state index contributed by atoms with van der Waals surface area (Å²) in [4.78, 5) is 12.1. The number of hydrogen-bond donors (Lipinski definition) is 2. The number of sulfonamides is 1. The molecule has 0 saturated heterocycles. The van der Waals surface area contributed by atoms with Crippen LogP contribution in [0.15, 0.2) is 48.5 Å². The molecular formula is C18H18N2O4S. The molecule has 0 aliphatic carbocycles. The molecule has 2 aromatic carbocycles. The van der Waals surface area contributed by atoms with Crippen molar-refractivity contribution in [3.05, 3.63) is 59.7 Å². The third-order valence-corrected chi connectivity index (χ3v) is 4.21. The molecule has 1 amide bonds. The van der Waals surface area contributed by atoms with Crippen LogP contribution in [-0.4, -0.2) is 27.2 Å². The maximum absolute atomic E-state index is 12.1. The van der Waals surface area contributed by atoms with Gasteiger partial charge in [-0.05, 0) is 41.5 Å². The fraction of sp³-hybridized carbons (Fsp3) is 0.167. The van der Waals surface area contributed by atoms with Gasteiger partial charge in [0.05, 0.1) is 24.2 Å². The Morgan fingerprint density at radius 3 is 2.68 bits per heavy atom. The first-order chi connectivity index (χ1) is 11.9. The summed E-state index contributed by atoms with van der Waals surface area (Å²) in [5.41, 5.74) is 2.75. The number of hydrogen-bond acceptors (Lipinski definition) is 4. The number of carbonyl (C=O) groups is 1. The SMILES string of the molecule is CS(=O)(=O)Nc1ccccc1NC(=O)/C=C/c1ccc2c(c1)CCO2. The highest BCUT2D eigenvalue weighted by molar-refractivity contribution is 7.92. The molecule has 6 nitrogen and oxygen atoms in total. The lowest BCUT2D eigenvalue weighted by molar-refractivity contribution is -0.111. The van der Waals surface area contributed by atoms with E-state index in [4.69, 9.17) is 4.74 Å². The molecule has 2 aromatic rings. The summed E-state index contributed by atoms with van der Waals surface area (Å²) >= 11 is 0. The molecular weight excluding hydrogens is 340 g/mol. The van der Waals surface area contributed by atoms with Crippen molar-refractivity contribution in [2.24, 2.45) is 0 Å². The monoisotopic (exact) mass is 358 g/mol. The molecule has 7 heteroatoms. The summed E-state index contributed by atoms with van der Waals surface area (Å²) in [5.74, 6) is 0.543. The van der Waals surface area contributed by atoms with Crippen LogP contribution in [0.4, 0.5) is 11.4 Å². The summed E-state index contributed by atoms with van der Waals surface area (Å²) in [6.45, 7) is 0.688. The van der Waals surface area contributed by atoms with Gasteiger partial charge in [-0.3, -0.25) is 9.52 Å². The van der Waals surface area contributed by atoms with Gasteiger partial charge in [0.25, 0.3) is 0 Å². The number of para-hydroxylation sites is 2. The van der Waals surface area contributed by atoms with Gasteiger partial charge >= 0.3 is 0 Å². The van der Waals surface area contributed by atoms with Crippen molar-refractivity contribution in [1.29, 1.82) is 0 Å². The second-order valence-electron chi connectivity index (χ2n) is 5.71. The molecule has 0 radical (unpaired) electrons. The standard InChI is InChI=1S/C18H18N2O4S/c1-25(22,23)20-16-5-3-2-4-15(16)19-18(21)9-7-13-6-8-17-14(12-13)10-11-24-17/h2-9,12,20H,10-11H2,1H3,(H,19,21)/b9-7+. The highest BCUT2D eigenvalue weighted by atomic mass is 32.2. The number of fused-ring (bicyclic) bond motifs is 1. The van der Waals surface area contributed by atoms with E-state index >= 15 is 0 Å². The summed E-state index contributed by atoms with van der Waals surface area (Å²) in [7, 11) is -3.43. The summed E-state index contributed by atoms with van der Waals surface area (Å²) in [6, 6.07) is 12.4. The van der Waals surface area contributed by atoms with E-state index in [0.29, 0.717) is 18.0 Å². The van der Waals surface area contributed by atoms with Crippen molar-refractivity contribution in [2.75, 3.05) is 22.9 Å². The normalized spacial score (nSPS) is 13.3. The number of anilines is 2. The predicted molar refractivity (Wildman–Crippen MR) is 98.2 cm³/mol. The van der Waals surface area contributed by atoms with Crippen LogP contribution in [0.3, 0.4) is 0 Å². The van der Waals surface area contributed by atoms with E-state index in [9.17, 15) is 13.2 Å². The van der Waals surface area contributed by atoms with Crippen LogP contribution >= 0.6 is 0 Å². The largest absolute Gasteiger partial charge is 0.493 e. The molecule has 0 atom stereocenters. The molecule has 25 heavy (non-hydrogen) atoms. The van der Waals surface area contributed by atoms with E-state index < -0.39 is 10.0 Å². The van der Waals surface area contributed by atoms with E-state index in [0.717, 1.165) is 29.6 Å². The molecule has 130 valence electrons. The zero-order chi connectivity index (χ0) is 17.9. The van der Waals surface area contributed by atoms with Gasteiger partial charge in [-0.25, -0.2) is 8.42 Å². The van der Waals surface area contributed by atoms with Gasteiger partial charge in [0, 0.05) is 12.5 Å². The quantitative estimate of drug-likeness (QED) is 0.805. The molecule has 0 unspecified atom stereocenters. The highest BCUT2D eigenvalue weighted by Gasteiger charge is 2.11.